The van der Waals surface area contributed by atoms with Crippen molar-refractivity contribution in [2.24, 2.45) is 7.05 Å². The Hall–Kier alpha value is -2.56. The Bertz CT molecular complexity index is 717. The number of aromatic nitrogens is 2. The number of amides is 1. The zero-order valence-electron chi connectivity index (χ0n) is 12.5. The van der Waals surface area contributed by atoms with E-state index in [9.17, 15) is 4.79 Å². The van der Waals surface area contributed by atoms with Crippen molar-refractivity contribution in [3.63, 3.8) is 0 Å². The van der Waals surface area contributed by atoms with Crippen LogP contribution < -0.4 is 4.90 Å². The number of hydrogen-bond acceptors (Lipinski definition) is 3. The van der Waals surface area contributed by atoms with E-state index in [1.807, 2.05) is 41.8 Å². The van der Waals surface area contributed by atoms with Gasteiger partial charge in [0, 0.05) is 27.6 Å². The molecule has 0 unspecified atom stereocenters. The van der Waals surface area contributed by atoms with Crippen LogP contribution in [0.4, 0.5) is 5.82 Å². The average Bonchev–Trinajstić information content (AvgIpc) is 2.81. The highest BCUT2D eigenvalue weighted by Gasteiger charge is 2.33. The largest absolute Gasteiger partial charge is 0.325 e. The van der Waals surface area contributed by atoms with E-state index < -0.39 is 0 Å². The molecule has 0 atom stereocenters. The number of hydrogen-bond donors (Lipinski definition) is 0. The van der Waals surface area contributed by atoms with Gasteiger partial charge in [-0.05, 0) is 5.56 Å². The molecule has 2 heterocycles. The number of nitrogens with zero attached hydrogens (tertiary/aromatic N) is 4. The van der Waals surface area contributed by atoms with Gasteiger partial charge in [-0.3, -0.25) is 9.69 Å². The Labute approximate surface area is 124 Å². The first kappa shape index (κ1) is 13.4. The van der Waals surface area contributed by atoms with Gasteiger partial charge >= 0.3 is 0 Å². The molecule has 1 aromatic carbocycles. The van der Waals surface area contributed by atoms with Gasteiger partial charge in [0.15, 0.2) is 11.5 Å². The smallest absolute Gasteiger partial charge is 0.279 e. The molecular weight excluding hydrogens is 264 g/mol. The molecule has 0 bridgehead atoms. The van der Waals surface area contributed by atoms with E-state index in [4.69, 9.17) is 0 Å². The molecule has 5 nitrogen and oxygen atoms in total. The maximum absolute atomic E-state index is 12.4. The summed E-state index contributed by atoms with van der Waals surface area (Å²) >= 11 is 0. The van der Waals surface area contributed by atoms with Gasteiger partial charge in [-0.15, -0.1) is 0 Å². The van der Waals surface area contributed by atoms with Gasteiger partial charge in [-0.25, -0.2) is 4.98 Å². The van der Waals surface area contributed by atoms with Crippen LogP contribution in [0.2, 0.25) is 0 Å². The maximum atomic E-state index is 12.4. The van der Waals surface area contributed by atoms with Crippen molar-refractivity contribution in [1.29, 1.82) is 0 Å². The summed E-state index contributed by atoms with van der Waals surface area (Å²) in [6.07, 6.45) is 0.696. The molecule has 21 heavy (non-hydrogen) atoms. The van der Waals surface area contributed by atoms with Gasteiger partial charge < -0.3 is 9.47 Å². The normalized spacial score (nSPS) is 14.6. The lowest BCUT2D eigenvalue weighted by atomic mass is 10.1. The highest BCUT2D eigenvalue weighted by atomic mass is 16.2. The predicted octanol–water partition coefficient (Wildman–Crippen LogP) is 2.00. The Morgan fingerprint density at radius 2 is 1.76 bits per heavy atom. The second kappa shape index (κ2) is 4.77. The van der Waals surface area contributed by atoms with E-state index in [-0.39, 0.29) is 5.91 Å². The van der Waals surface area contributed by atoms with Gasteiger partial charge in [-0.1, -0.05) is 36.9 Å². The number of anilines is 1. The number of imidazole rings is 1. The second-order valence-corrected chi connectivity index (χ2v) is 5.26. The fourth-order valence-corrected chi connectivity index (χ4v) is 2.56. The minimum atomic E-state index is -0.0672. The van der Waals surface area contributed by atoms with Crippen LogP contribution in [0.3, 0.4) is 0 Å². The molecule has 0 radical (unpaired) electrons. The quantitative estimate of drug-likeness (QED) is 0.846. The monoisotopic (exact) mass is 282 g/mol. The lowest BCUT2D eigenvalue weighted by molar-refractivity contribution is 0.0816. The fourth-order valence-electron chi connectivity index (χ4n) is 2.56. The van der Waals surface area contributed by atoms with Crippen LogP contribution in [0.1, 0.15) is 21.9 Å². The van der Waals surface area contributed by atoms with Crippen LogP contribution in [0, 0.1) is 0 Å². The molecule has 108 valence electrons. The van der Waals surface area contributed by atoms with Crippen molar-refractivity contribution in [2.45, 2.75) is 6.42 Å². The summed E-state index contributed by atoms with van der Waals surface area (Å²) in [4.78, 5) is 20.5. The van der Waals surface area contributed by atoms with Crippen molar-refractivity contribution in [1.82, 2.24) is 14.5 Å². The number of fused-ring (bicyclic) bond motifs is 1. The van der Waals surface area contributed by atoms with Crippen molar-refractivity contribution in [3.05, 3.63) is 59.8 Å². The predicted molar refractivity (Wildman–Crippen MR) is 82.1 cm³/mol. The number of benzene rings is 1. The molecule has 5 heteroatoms. The lowest BCUT2D eigenvalue weighted by Gasteiger charge is -2.32. The highest BCUT2D eigenvalue weighted by Crippen LogP contribution is 2.30. The van der Waals surface area contributed by atoms with Crippen molar-refractivity contribution in [3.8, 4) is 0 Å². The first-order chi connectivity index (χ1) is 10.0. The summed E-state index contributed by atoms with van der Waals surface area (Å²) in [5.41, 5.74) is 1.78. The van der Waals surface area contributed by atoms with E-state index in [0.29, 0.717) is 23.8 Å². The van der Waals surface area contributed by atoms with Crippen molar-refractivity contribution >= 4 is 11.7 Å². The van der Waals surface area contributed by atoms with Crippen LogP contribution in [-0.2, 0) is 13.5 Å². The zero-order chi connectivity index (χ0) is 15.1. The summed E-state index contributed by atoms with van der Waals surface area (Å²) in [6.45, 7) is 3.93. The third-order valence-electron chi connectivity index (χ3n) is 3.97. The van der Waals surface area contributed by atoms with Crippen molar-refractivity contribution in [2.75, 3.05) is 19.0 Å². The summed E-state index contributed by atoms with van der Waals surface area (Å²) in [5.74, 6) is 2.12. The lowest BCUT2D eigenvalue weighted by Crippen LogP contribution is -2.40. The molecule has 0 fully saturated rings. The molecule has 1 amide bonds. The van der Waals surface area contributed by atoms with Gasteiger partial charge in [-0.2, -0.15) is 0 Å². The molecule has 0 spiro atoms. The summed E-state index contributed by atoms with van der Waals surface area (Å²) in [5, 5.41) is 0. The Balaban J connectivity index is 2.05. The molecule has 0 aliphatic carbocycles. The van der Waals surface area contributed by atoms with Crippen LogP contribution >= 0.6 is 0 Å². The van der Waals surface area contributed by atoms with E-state index in [2.05, 4.69) is 23.7 Å². The SMILES string of the molecule is C=C1N(C)C(=O)c2c(nc(Cc3ccccc3)n2C)N1C. The number of carbonyl (C=O) groups excluding carboxylic acids is 1. The fraction of sp³-hybridized carbons (Fsp3) is 0.250. The number of rotatable bonds is 2. The van der Waals surface area contributed by atoms with Crippen LogP contribution in [-0.4, -0.2) is 34.5 Å². The van der Waals surface area contributed by atoms with Gasteiger partial charge in [0.1, 0.15) is 11.6 Å². The van der Waals surface area contributed by atoms with E-state index in [0.717, 1.165) is 5.82 Å². The minimum Gasteiger partial charge on any atom is -0.325 e. The topological polar surface area (TPSA) is 41.4 Å². The third kappa shape index (κ3) is 2.01. The van der Waals surface area contributed by atoms with E-state index in [1.165, 1.54) is 5.56 Å². The van der Waals surface area contributed by atoms with Crippen LogP contribution in [0.5, 0.6) is 0 Å². The molecule has 2 aromatic rings. The second-order valence-electron chi connectivity index (χ2n) is 5.26. The first-order valence-electron chi connectivity index (χ1n) is 6.81. The van der Waals surface area contributed by atoms with E-state index >= 15 is 0 Å². The standard InChI is InChI=1S/C16H18N4O/c1-11-18(2)15-14(16(21)19(11)3)20(4)13(17-15)10-12-8-6-5-7-9-12/h5-9H,1,10H2,2-4H3. The first-order valence-corrected chi connectivity index (χ1v) is 6.81. The molecule has 0 saturated carbocycles. The Kier molecular flexibility index (Phi) is 3.05. The zero-order valence-corrected chi connectivity index (χ0v) is 12.5. The molecule has 3 rings (SSSR count). The van der Waals surface area contributed by atoms with Gasteiger partial charge in [0.2, 0.25) is 0 Å². The van der Waals surface area contributed by atoms with Crippen LogP contribution in [0.25, 0.3) is 0 Å². The molecule has 1 aliphatic heterocycles. The summed E-state index contributed by atoms with van der Waals surface area (Å²) < 4.78 is 1.88. The molecule has 0 saturated heterocycles. The number of carbonyl (C=O) groups is 1. The average molecular weight is 282 g/mol. The Morgan fingerprint density at radius 3 is 2.43 bits per heavy atom. The van der Waals surface area contributed by atoms with E-state index in [1.54, 1.807) is 11.9 Å². The third-order valence-corrected chi connectivity index (χ3v) is 3.97. The summed E-state index contributed by atoms with van der Waals surface area (Å²) in [6, 6.07) is 10.1. The maximum Gasteiger partial charge on any atom is 0.279 e. The van der Waals surface area contributed by atoms with Crippen LogP contribution in [0.15, 0.2) is 42.7 Å². The molecule has 1 aromatic heterocycles. The minimum absolute atomic E-state index is 0.0672. The summed E-state index contributed by atoms with van der Waals surface area (Å²) in [7, 11) is 5.50. The van der Waals surface area contributed by atoms with Gasteiger partial charge in [0.05, 0.1) is 0 Å². The van der Waals surface area contributed by atoms with Crippen molar-refractivity contribution < 1.29 is 4.79 Å². The Morgan fingerprint density at radius 1 is 1.10 bits per heavy atom. The van der Waals surface area contributed by atoms with Gasteiger partial charge in [0.25, 0.3) is 5.91 Å². The molecular formula is C16H18N4O. The molecule has 0 N–H and O–H groups in total. The molecule has 1 aliphatic rings. The highest BCUT2D eigenvalue weighted by molar-refractivity contribution is 6.01.